The van der Waals surface area contributed by atoms with Crippen LogP contribution in [-0.2, 0) is 14.3 Å². The van der Waals surface area contributed by atoms with E-state index in [1.807, 2.05) is 0 Å². The Morgan fingerprint density at radius 3 is 2.14 bits per heavy atom. The lowest BCUT2D eigenvalue weighted by molar-refractivity contribution is -0.134. The molecule has 0 radical (unpaired) electrons. The molecule has 0 unspecified atom stereocenters. The van der Waals surface area contributed by atoms with E-state index in [0.717, 1.165) is 17.6 Å². The molecule has 0 bridgehead atoms. The smallest absolute Gasteiger partial charge is 0.430 e. The van der Waals surface area contributed by atoms with Gasteiger partial charge in [-0.05, 0) is 39.5 Å². The molecule has 0 saturated carbocycles. The number of carbonyl (C=O) groups is 2. The maximum atomic E-state index is 12.1. The van der Waals surface area contributed by atoms with E-state index in [1.165, 1.54) is 0 Å². The van der Waals surface area contributed by atoms with E-state index in [0.29, 0.717) is 6.54 Å². The highest BCUT2D eigenvalue weighted by Crippen LogP contribution is 2.20. The van der Waals surface area contributed by atoms with Crippen molar-refractivity contribution in [2.24, 2.45) is 10.5 Å². The quantitative estimate of drug-likeness (QED) is 0.444. The highest BCUT2D eigenvalue weighted by molar-refractivity contribution is 6.23. The highest BCUT2D eigenvalue weighted by atomic mass is 16.6. The number of amides is 1. The maximum absolute atomic E-state index is 12.1. The average molecular weight is 300 g/mol. The van der Waals surface area contributed by atoms with Gasteiger partial charge in [0, 0.05) is 6.54 Å². The summed E-state index contributed by atoms with van der Waals surface area (Å²) in [6, 6.07) is 0. The van der Waals surface area contributed by atoms with Gasteiger partial charge in [0.25, 0.3) is 0 Å². The third-order valence-electron chi connectivity index (χ3n) is 2.27. The summed E-state index contributed by atoms with van der Waals surface area (Å²) in [6.07, 6.45) is 1.15. The van der Waals surface area contributed by atoms with Crippen LogP contribution in [0.5, 0.6) is 0 Å². The van der Waals surface area contributed by atoms with Crippen LogP contribution in [0.4, 0.5) is 4.79 Å². The van der Waals surface area contributed by atoms with Gasteiger partial charge in [0.15, 0.2) is 0 Å². The molecular weight excluding hydrogens is 272 g/mol. The number of nitrogens with zero attached hydrogens (tertiary/aromatic N) is 2. The fourth-order valence-electron chi connectivity index (χ4n) is 1.25. The van der Waals surface area contributed by atoms with Crippen molar-refractivity contribution in [1.82, 2.24) is 5.01 Å². The second kappa shape index (κ2) is 8.00. The standard InChI is InChI=1S/C15H28N2O4/c1-8-20-12(18)11-16-17(10-9-14(2,3)4)13(19)21-15(5,6)7/h11H,8-10H2,1-7H3/b16-11+. The lowest BCUT2D eigenvalue weighted by Gasteiger charge is -2.26. The molecule has 0 aliphatic carbocycles. The van der Waals surface area contributed by atoms with Crippen molar-refractivity contribution in [2.45, 2.75) is 60.5 Å². The van der Waals surface area contributed by atoms with E-state index in [2.05, 4.69) is 25.9 Å². The molecule has 1 amide bonds. The van der Waals surface area contributed by atoms with Crippen molar-refractivity contribution < 1.29 is 19.1 Å². The Labute approximate surface area is 127 Å². The minimum absolute atomic E-state index is 0.0414. The van der Waals surface area contributed by atoms with Gasteiger partial charge in [-0.25, -0.2) is 9.59 Å². The van der Waals surface area contributed by atoms with Crippen LogP contribution in [0.25, 0.3) is 0 Å². The van der Waals surface area contributed by atoms with Gasteiger partial charge in [-0.1, -0.05) is 20.8 Å². The Bertz CT molecular complexity index is 378. The fraction of sp³-hybridized carbons (Fsp3) is 0.800. The van der Waals surface area contributed by atoms with Crippen LogP contribution in [0.15, 0.2) is 5.10 Å². The van der Waals surface area contributed by atoms with Crippen molar-refractivity contribution in [2.75, 3.05) is 13.2 Å². The lowest BCUT2D eigenvalue weighted by atomic mass is 9.92. The molecular formula is C15H28N2O4. The summed E-state index contributed by atoms with van der Waals surface area (Å²) in [7, 11) is 0. The van der Waals surface area contributed by atoms with Crippen molar-refractivity contribution in [3.63, 3.8) is 0 Å². The predicted octanol–water partition coefficient (Wildman–Crippen LogP) is 3.21. The third kappa shape index (κ3) is 10.8. The van der Waals surface area contributed by atoms with Crippen molar-refractivity contribution in [3.8, 4) is 0 Å². The number of hydrazone groups is 1. The number of hydrogen-bond acceptors (Lipinski definition) is 5. The molecule has 21 heavy (non-hydrogen) atoms. The molecule has 0 N–H and O–H groups in total. The summed E-state index contributed by atoms with van der Waals surface area (Å²) >= 11 is 0. The van der Waals surface area contributed by atoms with Gasteiger partial charge in [0.2, 0.25) is 0 Å². The zero-order chi connectivity index (χ0) is 16.7. The van der Waals surface area contributed by atoms with Crippen molar-refractivity contribution >= 4 is 18.3 Å². The second-order valence-electron chi connectivity index (χ2n) is 6.91. The van der Waals surface area contributed by atoms with Gasteiger partial charge < -0.3 is 9.47 Å². The molecule has 6 nitrogen and oxygen atoms in total. The molecule has 0 aromatic heterocycles. The summed E-state index contributed by atoms with van der Waals surface area (Å²) < 4.78 is 10.0. The Kier molecular flexibility index (Phi) is 7.39. The number of hydrogen-bond donors (Lipinski definition) is 0. The summed E-state index contributed by atoms with van der Waals surface area (Å²) in [5, 5.41) is 5.05. The molecule has 0 aromatic carbocycles. The van der Waals surface area contributed by atoms with Gasteiger partial charge >= 0.3 is 12.1 Å². The molecule has 0 heterocycles. The van der Waals surface area contributed by atoms with E-state index >= 15 is 0 Å². The number of carbonyl (C=O) groups excluding carboxylic acids is 2. The van der Waals surface area contributed by atoms with Crippen LogP contribution >= 0.6 is 0 Å². The number of ether oxygens (including phenoxy) is 2. The van der Waals surface area contributed by atoms with Gasteiger partial charge in [-0.15, -0.1) is 0 Å². The molecule has 0 aromatic rings. The van der Waals surface area contributed by atoms with E-state index in [-0.39, 0.29) is 12.0 Å². The first-order chi connectivity index (χ1) is 9.44. The molecule has 0 aliphatic rings. The Morgan fingerprint density at radius 2 is 1.71 bits per heavy atom. The van der Waals surface area contributed by atoms with Gasteiger partial charge in [-0.3, -0.25) is 0 Å². The summed E-state index contributed by atoms with van der Waals surface area (Å²) in [6.45, 7) is 13.9. The highest BCUT2D eigenvalue weighted by Gasteiger charge is 2.23. The van der Waals surface area contributed by atoms with E-state index in [4.69, 9.17) is 9.47 Å². The molecule has 0 saturated heterocycles. The van der Waals surface area contributed by atoms with Crippen LogP contribution in [0, 0.1) is 5.41 Å². The minimum Gasteiger partial charge on any atom is -0.462 e. The normalized spacial score (nSPS) is 12.3. The van der Waals surface area contributed by atoms with Gasteiger partial charge in [0.05, 0.1) is 6.61 Å². The zero-order valence-electron chi connectivity index (χ0n) is 14.2. The van der Waals surface area contributed by atoms with E-state index < -0.39 is 17.7 Å². The largest absolute Gasteiger partial charge is 0.462 e. The average Bonchev–Trinajstić information content (AvgIpc) is 2.25. The second-order valence-corrected chi connectivity index (χ2v) is 6.91. The fourth-order valence-corrected chi connectivity index (χ4v) is 1.25. The van der Waals surface area contributed by atoms with E-state index in [1.54, 1.807) is 27.7 Å². The van der Waals surface area contributed by atoms with Gasteiger partial charge in [-0.2, -0.15) is 10.1 Å². The first-order valence-electron chi connectivity index (χ1n) is 7.16. The monoisotopic (exact) mass is 300 g/mol. The minimum atomic E-state index is -0.615. The first-order valence-corrected chi connectivity index (χ1v) is 7.16. The molecule has 0 atom stereocenters. The van der Waals surface area contributed by atoms with Crippen LogP contribution in [0.2, 0.25) is 0 Å². The van der Waals surface area contributed by atoms with Crippen molar-refractivity contribution in [3.05, 3.63) is 0 Å². The Morgan fingerprint density at radius 1 is 1.14 bits per heavy atom. The maximum Gasteiger partial charge on any atom is 0.430 e. The van der Waals surface area contributed by atoms with Crippen LogP contribution in [0.3, 0.4) is 0 Å². The summed E-state index contributed by atoms with van der Waals surface area (Å²) in [5.41, 5.74) is -0.573. The molecule has 0 fully saturated rings. The summed E-state index contributed by atoms with van der Waals surface area (Å²) in [5.74, 6) is -0.582. The molecule has 0 aliphatic heterocycles. The number of rotatable bonds is 5. The molecule has 0 rings (SSSR count). The predicted molar refractivity (Wildman–Crippen MR) is 82.1 cm³/mol. The van der Waals surface area contributed by atoms with E-state index in [9.17, 15) is 9.59 Å². The van der Waals surface area contributed by atoms with Crippen LogP contribution in [0.1, 0.15) is 54.9 Å². The first kappa shape index (κ1) is 19.4. The molecule has 0 spiro atoms. The van der Waals surface area contributed by atoms with Crippen molar-refractivity contribution in [1.29, 1.82) is 0 Å². The van der Waals surface area contributed by atoms with Crippen LogP contribution in [-0.4, -0.2) is 42.0 Å². The molecule has 6 heteroatoms. The summed E-state index contributed by atoms with van der Waals surface area (Å²) in [4.78, 5) is 23.4. The third-order valence-corrected chi connectivity index (χ3v) is 2.27. The Hall–Kier alpha value is -1.59. The SMILES string of the molecule is CCOC(=O)/C=N/N(CCC(C)(C)C)C(=O)OC(C)(C)C. The van der Waals surface area contributed by atoms with Gasteiger partial charge in [0.1, 0.15) is 11.8 Å². The topological polar surface area (TPSA) is 68.2 Å². The zero-order valence-corrected chi connectivity index (χ0v) is 14.2. The number of esters is 1. The van der Waals surface area contributed by atoms with Crippen LogP contribution < -0.4 is 0 Å². The molecule has 122 valence electrons. The Balaban J connectivity index is 4.84. The lowest BCUT2D eigenvalue weighted by Crippen LogP contribution is -2.35.